The molecule has 0 bridgehead atoms. The second kappa shape index (κ2) is 13.7. The third kappa shape index (κ3) is 6.70. The highest BCUT2D eigenvalue weighted by atomic mass is 35.5. The summed E-state index contributed by atoms with van der Waals surface area (Å²) < 4.78 is 8.47. The maximum atomic E-state index is 12.6. The molecule has 36 heavy (non-hydrogen) atoms. The second-order valence-corrected chi connectivity index (χ2v) is 7.57. The number of hydrogen-bond donors (Lipinski definition) is 3. The van der Waals surface area contributed by atoms with Crippen molar-refractivity contribution in [2.75, 3.05) is 17.7 Å². The molecule has 0 spiro atoms. The first-order valence-corrected chi connectivity index (χ1v) is 12.2. The lowest BCUT2D eigenvalue weighted by Gasteiger charge is -2.17. The van der Waals surface area contributed by atoms with Crippen LogP contribution in [0.3, 0.4) is 0 Å². The molecule has 4 rings (SSSR count). The zero-order chi connectivity index (χ0) is 26.8. The summed E-state index contributed by atoms with van der Waals surface area (Å²) in [6.07, 6.45) is 5.96. The standard InChI is InChI=1S/C19H19Cl2N9O2.2C2H6/c1-10(32-2)17-14(8-23-16-4-15(21)28-30(16)17)27-19(31)26-12-3-13(20)18(24-7-12)29-9-11(5-22)6-25-29;2*1-2/h3-4,6-10H,5,22H2,1-2H3,(H2,26,27,31);2*1-2H3. The molecule has 4 heterocycles. The van der Waals surface area contributed by atoms with Gasteiger partial charge in [0, 0.05) is 31.5 Å². The Bertz CT molecular complexity index is 1290. The van der Waals surface area contributed by atoms with Crippen LogP contribution in [-0.4, -0.2) is 42.5 Å². The quantitative estimate of drug-likeness (QED) is 0.297. The van der Waals surface area contributed by atoms with E-state index in [-0.39, 0.29) is 5.15 Å². The molecule has 0 radical (unpaired) electrons. The van der Waals surface area contributed by atoms with Crippen molar-refractivity contribution in [2.24, 2.45) is 5.73 Å². The number of rotatable bonds is 6. The number of fused-ring (bicyclic) bond motifs is 1. The molecule has 0 aliphatic carbocycles. The number of pyridine rings is 1. The van der Waals surface area contributed by atoms with Crippen molar-refractivity contribution in [3.05, 3.63) is 58.4 Å². The lowest BCUT2D eigenvalue weighted by atomic mass is 10.2. The predicted octanol–water partition coefficient (Wildman–Crippen LogP) is 5.48. The van der Waals surface area contributed by atoms with Gasteiger partial charge in [0.1, 0.15) is 0 Å². The number of nitrogens with two attached hydrogens (primary N) is 1. The molecule has 4 aromatic rings. The molecule has 4 aromatic heterocycles. The van der Waals surface area contributed by atoms with Crippen molar-refractivity contribution in [3.8, 4) is 5.82 Å². The van der Waals surface area contributed by atoms with Crippen LogP contribution in [0.15, 0.2) is 36.9 Å². The molecule has 0 fully saturated rings. The van der Waals surface area contributed by atoms with Crippen molar-refractivity contribution >= 4 is 46.3 Å². The molecule has 0 aliphatic heterocycles. The van der Waals surface area contributed by atoms with Gasteiger partial charge in [-0.25, -0.2) is 24.0 Å². The molecule has 0 saturated heterocycles. The summed E-state index contributed by atoms with van der Waals surface area (Å²) in [5, 5.41) is 14.4. The number of carbonyl (C=O) groups excluding carboxylic acids is 1. The van der Waals surface area contributed by atoms with Crippen LogP contribution < -0.4 is 16.4 Å². The third-order valence-electron chi connectivity index (χ3n) is 4.65. The zero-order valence-electron chi connectivity index (χ0n) is 21.1. The molecule has 4 N–H and O–H groups in total. The number of amides is 2. The lowest BCUT2D eigenvalue weighted by molar-refractivity contribution is 0.114. The van der Waals surface area contributed by atoms with E-state index in [9.17, 15) is 4.79 Å². The van der Waals surface area contributed by atoms with Gasteiger partial charge in [0.15, 0.2) is 16.6 Å². The summed E-state index contributed by atoms with van der Waals surface area (Å²) in [7, 11) is 1.55. The van der Waals surface area contributed by atoms with Crippen molar-refractivity contribution in [3.63, 3.8) is 0 Å². The van der Waals surface area contributed by atoms with Gasteiger partial charge in [0.05, 0.1) is 46.8 Å². The Morgan fingerprint density at radius 2 is 1.83 bits per heavy atom. The Morgan fingerprint density at radius 1 is 1.11 bits per heavy atom. The van der Waals surface area contributed by atoms with Crippen LogP contribution in [0.1, 0.15) is 52.0 Å². The Labute approximate surface area is 220 Å². The number of anilines is 2. The van der Waals surface area contributed by atoms with Crippen LogP contribution in [0.25, 0.3) is 11.5 Å². The number of nitrogens with zero attached hydrogens (tertiary/aromatic N) is 6. The van der Waals surface area contributed by atoms with Crippen LogP contribution >= 0.6 is 23.2 Å². The van der Waals surface area contributed by atoms with Crippen LogP contribution in [0.5, 0.6) is 0 Å². The molecule has 1 atom stereocenters. The van der Waals surface area contributed by atoms with Crippen LogP contribution in [-0.2, 0) is 11.3 Å². The summed E-state index contributed by atoms with van der Waals surface area (Å²) in [4.78, 5) is 21.2. The minimum Gasteiger partial charge on any atom is -0.375 e. The summed E-state index contributed by atoms with van der Waals surface area (Å²) >= 11 is 12.3. The molecule has 2 amide bonds. The molecule has 0 saturated carbocycles. The average molecular weight is 536 g/mol. The summed E-state index contributed by atoms with van der Waals surface area (Å²) in [6.45, 7) is 10.2. The number of halogens is 2. The molecule has 194 valence electrons. The lowest BCUT2D eigenvalue weighted by Crippen LogP contribution is -2.22. The number of ether oxygens (including phenoxy) is 1. The summed E-state index contributed by atoms with van der Waals surface area (Å²) in [6, 6.07) is 2.66. The fourth-order valence-corrected chi connectivity index (χ4v) is 3.48. The van der Waals surface area contributed by atoms with Gasteiger partial charge in [-0.3, -0.25) is 0 Å². The Hall–Kier alpha value is -3.25. The van der Waals surface area contributed by atoms with Crippen LogP contribution in [0.2, 0.25) is 10.2 Å². The fraction of sp³-hybridized carbons (Fsp3) is 0.348. The van der Waals surface area contributed by atoms with Gasteiger partial charge < -0.3 is 21.1 Å². The molecule has 13 heteroatoms. The smallest absolute Gasteiger partial charge is 0.323 e. The molecular formula is C23H31Cl2N9O2. The Balaban J connectivity index is 0.00000109. The molecule has 0 aliphatic rings. The first-order valence-electron chi connectivity index (χ1n) is 11.4. The minimum atomic E-state index is -0.524. The highest BCUT2D eigenvalue weighted by molar-refractivity contribution is 6.32. The van der Waals surface area contributed by atoms with E-state index in [0.717, 1.165) is 5.56 Å². The summed E-state index contributed by atoms with van der Waals surface area (Å²) in [5.41, 5.74) is 8.36. The van der Waals surface area contributed by atoms with Crippen molar-refractivity contribution in [1.82, 2.24) is 29.4 Å². The van der Waals surface area contributed by atoms with E-state index in [2.05, 4.69) is 30.8 Å². The minimum absolute atomic E-state index is 0.278. The van der Waals surface area contributed by atoms with E-state index in [0.29, 0.717) is 40.1 Å². The number of nitrogens with one attached hydrogen (secondary N) is 2. The second-order valence-electron chi connectivity index (χ2n) is 6.78. The van der Waals surface area contributed by atoms with E-state index >= 15 is 0 Å². The van der Waals surface area contributed by atoms with E-state index in [4.69, 9.17) is 33.7 Å². The normalized spacial score (nSPS) is 11.1. The van der Waals surface area contributed by atoms with E-state index in [1.54, 1.807) is 31.6 Å². The number of methoxy groups -OCH3 is 1. The largest absolute Gasteiger partial charge is 0.375 e. The third-order valence-corrected chi connectivity index (χ3v) is 5.11. The number of aromatic nitrogens is 6. The van der Waals surface area contributed by atoms with Gasteiger partial charge >= 0.3 is 6.03 Å². The first kappa shape index (κ1) is 29.0. The number of hydrogen-bond acceptors (Lipinski definition) is 7. The van der Waals surface area contributed by atoms with Gasteiger partial charge in [-0.1, -0.05) is 50.9 Å². The van der Waals surface area contributed by atoms with E-state index in [1.807, 2.05) is 34.6 Å². The van der Waals surface area contributed by atoms with E-state index < -0.39 is 12.1 Å². The molecule has 1 unspecified atom stereocenters. The molecule has 11 nitrogen and oxygen atoms in total. The van der Waals surface area contributed by atoms with Gasteiger partial charge in [0.25, 0.3) is 0 Å². The zero-order valence-corrected chi connectivity index (χ0v) is 22.6. The fourth-order valence-electron chi connectivity index (χ4n) is 3.06. The monoisotopic (exact) mass is 535 g/mol. The van der Waals surface area contributed by atoms with Crippen LogP contribution in [0, 0.1) is 0 Å². The highest BCUT2D eigenvalue weighted by Crippen LogP contribution is 2.27. The maximum absolute atomic E-state index is 12.6. The first-order chi connectivity index (χ1) is 17.4. The van der Waals surface area contributed by atoms with Gasteiger partial charge in [0.2, 0.25) is 0 Å². The molecular weight excluding hydrogens is 505 g/mol. The SMILES string of the molecule is CC.CC.COC(C)c1c(NC(=O)Nc2cnc(-n3cc(CN)cn3)c(Cl)c2)cnc2cc(Cl)nn12. The summed E-state index contributed by atoms with van der Waals surface area (Å²) in [5.74, 6) is 0.416. The number of urea groups is 1. The average Bonchev–Trinajstić information content (AvgIpc) is 3.52. The van der Waals surface area contributed by atoms with Gasteiger partial charge in [-0.2, -0.15) is 10.2 Å². The van der Waals surface area contributed by atoms with Crippen molar-refractivity contribution < 1.29 is 9.53 Å². The van der Waals surface area contributed by atoms with Crippen LogP contribution in [0.4, 0.5) is 16.2 Å². The Morgan fingerprint density at radius 3 is 2.44 bits per heavy atom. The van der Waals surface area contributed by atoms with Crippen molar-refractivity contribution in [2.45, 2.75) is 47.3 Å². The van der Waals surface area contributed by atoms with E-state index in [1.165, 1.54) is 21.6 Å². The molecule has 0 aromatic carbocycles. The maximum Gasteiger partial charge on any atom is 0.323 e. The Kier molecular flexibility index (Phi) is 11.1. The topological polar surface area (TPSA) is 137 Å². The predicted molar refractivity (Wildman–Crippen MR) is 143 cm³/mol. The van der Waals surface area contributed by atoms with Gasteiger partial charge in [-0.05, 0) is 13.0 Å². The van der Waals surface area contributed by atoms with Crippen molar-refractivity contribution in [1.29, 1.82) is 0 Å². The highest BCUT2D eigenvalue weighted by Gasteiger charge is 2.19. The van der Waals surface area contributed by atoms with Gasteiger partial charge in [-0.15, -0.1) is 0 Å². The number of carbonyl (C=O) groups is 1.